The Bertz CT molecular complexity index is 745. The number of aryl methyl sites for hydroxylation is 1. The van der Waals surface area contributed by atoms with Gasteiger partial charge in [0, 0.05) is 13.7 Å². The Morgan fingerprint density at radius 3 is 2.57 bits per heavy atom. The van der Waals surface area contributed by atoms with Crippen LogP contribution in [0.4, 0.5) is 0 Å². The highest BCUT2D eigenvalue weighted by molar-refractivity contribution is 5.28. The first-order valence-electron chi connectivity index (χ1n) is 10.8. The summed E-state index contributed by atoms with van der Waals surface area (Å²) in [7, 11) is 1.72. The van der Waals surface area contributed by atoms with Gasteiger partial charge in [-0.1, -0.05) is 49.1 Å². The predicted molar refractivity (Wildman–Crippen MR) is 109 cm³/mol. The van der Waals surface area contributed by atoms with E-state index in [4.69, 9.17) is 4.74 Å². The van der Waals surface area contributed by atoms with Crippen LogP contribution >= 0.6 is 0 Å². The maximum Gasteiger partial charge on any atom is 0.173 e. The number of aromatic nitrogens is 4. The van der Waals surface area contributed by atoms with Crippen LogP contribution in [0.5, 0.6) is 0 Å². The van der Waals surface area contributed by atoms with Gasteiger partial charge in [0.2, 0.25) is 0 Å². The second-order valence-corrected chi connectivity index (χ2v) is 8.70. The van der Waals surface area contributed by atoms with Crippen LogP contribution < -0.4 is 0 Å². The van der Waals surface area contributed by atoms with Gasteiger partial charge in [-0.2, -0.15) is 0 Å². The van der Waals surface area contributed by atoms with E-state index in [-0.39, 0.29) is 6.04 Å². The average Bonchev–Trinajstić information content (AvgIpc) is 3.17. The molecule has 6 nitrogen and oxygen atoms in total. The van der Waals surface area contributed by atoms with Crippen molar-refractivity contribution in [2.45, 2.75) is 64.5 Å². The molecule has 1 unspecified atom stereocenters. The predicted octanol–water partition coefficient (Wildman–Crippen LogP) is 3.76. The molecule has 6 heteroatoms. The lowest BCUT2D eigenvalue weighted by molar-refractivity contribution is 0.0338. The number of likely N-dealkylation sites (tertiary alicyclic amines) is 1. The summed E-state index contributed by atoms with van der Waals surface area (Å²) in [5.74, 6) is 0.939. The van der Waals surface area contributed by atoms with Crippen molar-refractivity contribution in [1.29, 1.82) is 0 Å². The monoisotopic (exact) mass is 383 g/mol. The van der Waals surface area contributed by atoms with E-state index in [2.05, 4.69) is 51.6 Å². The van der Waals surface area contributed by atoms with Crippen molar-refractivity contribution in [3.8, 4) is 0 Å². The molecule has 1 aromatic carbocycles. The van der Waals surface area contributed by atoms with Gasteiger partial charge in [-0.3, -0.25) is 4.90 Å². The first-order valence-corrected chi connectivity index (χ1v) is 10.8. The van der Waals surface area contributed by atoms with Crippen LogP contribution in [0.2, 0.25) is 0 Å². The normalized spacial score (nSPS) is 21.1. The van der Waals surface area contributed by atoms with E-state index in [1.54, 1.807) is 7.11 Å². The topological polar surface area (TPSA) is 56.1 Å². The molecule has 1 spiro atoms. The molecule has 1 atom stereocenters. The van der Waals surface area contributed by atoms with Gasteiger partial charge in [-0.25, -0.2) is 4.68 Å². The van der Waals surface area contributed by atoms with Crippen LogP contribution in [0, 0.1) is 12.3 Å². The van der Waals surface area contributed by atoms with Crippen molar-refractivity contribution >= 4 is 0 Å². The van der Waals surface area contributed by atoms with Crippen LogP contribution in [-0.2, 0) is 11.3 Å². The Morgan fingerprint density at radius 1 is 1.07 bits per heavy atom. The van der Waals surface area contributed by atoms with E-state index in [0.29, 0.717) is 18.6 Å². The van der Waals surface area contributed by atoms with Gasteiger partial charge in [0.05, 0.1) is 19.2 Å². The van der Waals surface area contributed by atoms with E-state index in [9.17, 15) is 0 Å². The third kappa shape index (κ3) is 4.13. The molecule has 2 heterocycles. The molecule has 152 valence electrons. The SMILES string of the molecule is COCCn1nnnc1C(c1ccc(C)cc1)N1CCCC2(CCCCC2)C1. The first kappa shape index (κ1) is 19.5. The molecule has 4 rings (SSSR count). The van der Waals surface area contributed by atoms with Gasteiger partial charge >= 0.3 is 0 Å². The minimum atomic E-state index is 0.103. The lowest BCUT2D eigenvalue weighted by Crippen LogP contribution is -2.46. The fourth-order valence-electron chi connectivity index (χ4n) is 5.19. The zero-order valence-corrected chi connectivity index (χ0v) is 17.3. The number of benzene rings is 1. The second kappa shape index (κ2) is 8.70. The van der Waals surface area contributed by atoms with E-state index in [0.717, 1.165) is 18.9 Å². The number of tetrazole rings is 1. The van der Waals surface area contributed by atoms with Gasteiger partial charge in [0.15, 0.2) is 5.82 Å². The van der Waals surface area contributed by atoms with Gasteiger partial charge in [0.25, 0.3) is 0 Å². The van der Waals surface area contributed by atoms with Crippen molar-refractivity contribution in [3.05, 3.63) is 41.2 Å². The quantitative estimate of drug-likeness (QED) is 0.760. The number of rotatable bonds is 6. The third-order valence-corrected chi connectivity index (χ3v) is 6.67. The van der Waals surface area contributed by atoms with Gasteiger partial charge in [-0.05, 0) is 60.6 Å². The summed E-state index contributed by atoms with van der Waals surface area (Å²) in [6.45, 7) is 5.70. The lowest BCUT2D eigenvalue weighted by atomic mass is 9.69. The summed E-state index contributed by atoms with van der Waals surface area (Å²) in [5, 5.41) is 12.8. The number of ether oxygens (including phenoxy) is 1. The molecular weight excluding hydrogens is 350 g/mol. The number of methoxy groups -OCH3 is 1. The van der Waals surface area contributed by atoms with E-state index >= 15 is 0 Å². The summed E-state index contributed by atoms with van der Waals surface area (Å²) >= 11 is 0. The van der Waals surface area contributed by atoms with Gasteiger partial charge in [-0.15, -0.1) is 5.10 Å². The number of hydrogen-bond donors (Lipinski definition) is 0. The smallest absolute Gasteiger partial charge is 0.173 e. The van der Waals surface area contributed by atoms with Crippen molar-refractivity contribution in [3.63, 3.8) is 0 Å². The zero-order valence-electron chi connectivity index (χ0n) is 17.3. The summed E-state index contributed by atoms with van der Waals surface area (Å²) in [6, 6.07) is 9.00. The molecule has 2 aromatic rings. The minimum Gasteiger partial charge on any atom is -0.383 e. The number of nitrogens with zero attached hydrogens (tertiary/aromatic N) is 5. The van der Waals surface area contributed by atoms with Crippen molar-refractivity contribution in [1.82, 2.24) is 25.1 Å². The maximum absolute atomic E-state index is 5.28. The molecule has 2 fully saturated rings. The molecule has 0 radical (unpaired) electrons. The highest BCUT2D eigenvalue weighted by atomic mass is 16.5. The zero-order chi connectivity index (χ0) is 19.4. The highest BCUT2D eigenvalue weighted by Gasteiger charge is 2.40. The van der Waals surface area contributed by atoms with E-state index < -0.39 is 0 Å². The van der Waals surface area contributed by atoms with Crippen LogP contribution in [-0.4, -0.2) is 51.9 Å². The first-order chi connectivity index (χ1) is 13.7. The standard InChI is InChI=1S/C22H33N5O/c1-18-7-9-19(10-8-18)20(21-23-24-25-27(21)15-16-28-2)26-14-6-13-22(17-26)11-4-3-5-12-22/h7-10,20H,3-6,11-17H2,1-2H3. The van der Waals surface area contributed by atoms with Crippen molar-refractivity contribution in [2.24, 2.45) is 5.41 Å². The molecule has 1 aliphatic carbocycles. The van der Waals surface area contributed by atoms with Crippen LogP contribution in [0.1, 0.15) is 67.9 Å². The van der Waals surface area contributed by atoms with Crippen LogP contribution in [0.3, 0.4) is 0 Å². The number of piperidine rings is 1. The second-order valence-electron chi connectivity index (χ2n) is 8.70. The molecule has 28 heavy (non-hydrogen) atoms. The Labute approximate surface area is 168 Å². The molecule has 0 bridgehead atoms. The van der Waals surface area contributed by atoms with Gasteiger partial charge in [0.1, 0.15) is 0 Å². The van der Waals surface area contributed by atoms with Gasteiger partial charge < -0.3 is 4.74 Å². The van der Waals surface area contributed by atoms with Crippen LogP contribution in [0.25, 0.3) is 0 Å². The van der Waals surface area contributed by atoms with Crippen molar-refractivity contribution in [2.75, 3.05) is 26.8 Å². The Hall–Kier alpha value is -1.79. The molecule has 0 N–H and O–H groups in total. The van der Waals surface area contributed by atoms with E-state index in [1.165, 1.54) is 56.1 Å². The fourth-order valence-corrected chi connectivity index (χ4v) is 5.19. The molecule has 1 aromatic heterocycles. The largest absolute Gasteiger partial charge is 0.383 e. The average molecular weight is 384 g/mol. The summed E-state index contributed by atoms with van der Waals surface area (Å²) in [5.41, 5.74) is 3.06. The Balaban J connectivity index is 1.67. The summed E-state index contributed by atoms with van der Waals surface area (Å²) < 4.78 is 7.20. The number of hydrogen-bond acceptors (Lipinski definition) is 5. The molecule has 2 aliphatic rings. The Morgan fingerprint density at radius 2 is 1.82 bits per heavy atom. The van der Waals surface area contributed by atoms with Crippen molar-refractivity contribution < 1.29 is 4.74 Å². The third-order valence-electron chi connectivity index (χ3n) is 6.67. The fraction of sp³-hybridized carbons (Fsp3) is 0.682. The summed E-state index contributed by atoms with van der Waals surface area (Å²) in [4.78, 5) is 2.65. The van der Waals surface area contributed by atoms with E-state index in [1.807, 2.05) is 4.68 Å². The molecule has 1 saturated carbocycles. The highest BCUT2D eigenvalue weighted by Crippen LogP contribution is 2.45. The maximum atomic E-state index is 5.28. The minimum absolute atomic E-state index is 0.103. The molecule has 1 saturated heterocycles. The molecule has 0 amide bonds. The summed E-state index contributed by atoms with van der Waals surface area (Å²) in [6.07, 6.45) is 9.56. The molecule has 1 aliphatic heterocycles. The lowest BCUT2D eigenvalue weighted by Gasteiger charge is -2.47. The van der Waals surface area contributed by atoms with Crippen LogP contribution in [0.15, 0.2) is 24.3 Å². The molecular formula is C22H33N5O. The Kier molecular flexibility index (Phi) is 6.07.